The van der Waals surface area contributed by atoms with Crippen molar-refractivity contribution in [2.75, 3.05) is 46.4 Å². The summed E-state index contributed by atoms with van der Waals surface area (Å²) >= 11 is 0. The molecule has 106 valence electrons. The van der Waals surface area contributed by atoms with E-state index in [4.69, 9.17) is 0 Å². The Hall–Kier alpha value is -1.66. The zero-order valence-corrected chi connectivity index (χ0v) is 12.3. The summed E-state index contributed by atoms with van der Waals surface area (Å²) in [6.45, 7) is 3.28. The molecule has 0 amide bonds. The summed E-state index contributed by atoms with van der Waals surface area (Å²) < 4.78 is 0. The number of rotatable bonds is 6. The van der Waals surface area contributed by atoms with Gasteiger partial charge >= 0.3 is 0 Å². The third kappa shape index (κ3) is 4.50. The first-order chi connectivity index (χ1) is 8.81. The zero-order chi connectivity index (χ0) is 14.6. The Labute approximate surface area is 114 Å². The number of hydrogen-bond acceptors (Lipinski definition) is 5. The smallest absolute Gasteiger partial charge is 0.292 e. The third-order valence-corrected chi connectivity index (χ3v) is 2.72. The fourth-order valence-corrected chi connectivity index (χ4v) is 2.07. The van der Waals surface area contributed by atoms with Gasteiger partial charge in [0.1, 0.15) is 5.69 Å². The van der Waals surface area contributed by atoms with Gasteiger partial charge in [-0.05, 0) is 39.7 Å². The summed E-state index contributed by atoms with van der Waals surface area (Å²) in [5.41, 5.74) is 1.69. The molecule has 6 heteroatoms. The molecule has 0 heterocycles. The van der Waals surface area contributed by atoms with Gasteiger partial charge in [-0.15, -0.1) is 0 Å². The van der Waals surface area contributed by atoms with Crippen LogP contribution in [0, 0.1) is 17.0 Å². The van der Waals surface area contributed by atoms with Crippen LogP contribution in [0.15, 0.2) is 18.2 Å². The van der Waals surface area contributed by atoms with Gasteiger partial charge in [-0.25, -0.2) is 0 Å². The number of aryl methyl sites for hydroxylation is 1. The molecule has 6 nitrogen and oxygen atoms in total. The molecule has 0 spiro atoms. The van der Waals surface area contributed by atoms with Gasteiger partial charge in [-0.2, -0.15) is 0 Å². The number of benzene rings is 1. The molecule has 0 radical (unpaired) electrons. The monoisotopic (exact) mass is 266 g/mol. The molecule has 0 N–H and O–H groups in total. The van der Waals surface area contributed by atoms with Crippen LogP contribution in [-0.4, -0.2) is 56.3 Å². The van der Waals surface area contributed by atoms with Crippen molar-refractivity contribution in [3.05, 3.63) is 33.9 Å². The molecule has 0 unspecified atom stereocenters. The second-order valence-electron chi connectivity index (χ2n) is 5.17. The third-order valence-electron chi connectivity index (χ3n) is 2.72. The van der Waals surface area contributed by atoms with Crippen LogP contribution in [0.2, 0.25) is 0 Å². The number of nitro groups is 1. The molecule has 1 aromatic rings. The van der Waals surface area contributed by atoms with E-state index >= 15 is 0 Å². The molecule has 0 aliphatic heterocycles. The molecule has 0 saturated heterocycles. The Morgan fingerprint density at radius 2 is 1.79 bits per heavy atom. The fraction of sp³-hybridized carbons (Fsp3) is 0.538. The zero-order valence-electron chi connectivity index (χ0n) is 12.3. The highest BCUT2D eigenvalue weighted by atomic mass is 16.6. The lowest BCUT2D eigenvalue weighted by atomic mass is 10.2. The maximum Gasteiger partial charge on any atom is 0.292 e. The Morgan fingerprint density at radius 3 is 2.32 bits per heavy atom. The molecule has 0 aliphatic rings. The highest BCUT2D eigenvalue weighted by Crippen LogP contribution is 2.28. The number of nitro benzene ring substituents is 1. The molecule has 0 fully saturated rings. The van der Waals surface area contributed by atoms with E-state index < -0.39 is 0 Å². The first-order valence-corrected chi connectivity index (χ1v) is 6.10. The van der Waals surface area contributed by atoms with Gasteiger partial charge in [0.25, 0.3) is 5.69 Å². The lowest BCUT2D eigenvalue weighted by molar-refractivity contribution is -0.384. The fourth-order valence-electron chi connectivity index (χ4n) is 2.07. The summed E-state index contributed by atoms with van der Waals surface area (Å²) in [6, 6.07) is 5.31. The molecule has 0 bridgehead atoms. The molecule has 0 saturated carbocycles. The summed E-state index contributed by atoms with van der Waals surface area (Å²) in [6.07, 6.45) is 0. The summed E-state index contributed by atoms with van der Waals surface area (Å²) in [7, 11) is 7.83. The molecule has 1 rings (SSSR count). The van der Waals surface area contributed by atoms with Gasteiger partial charge < -0.3 is 4.90 Å². The predicted octanol–water partition coefficient (Wildman–Crippen LogP) is 1.75. The predicted molar refractivity (Wildman–Crippen MR) is 77.4 cm³/mol. The number of nitrogens with zero attached hydrogens (tertiary/aromatic N) is 4. The van der Waals surface area contributed by atoms with E-state index in [0.29, 0.717) is 12.4 Å². The van der Waals surface area contributed by atoms with E-state index in [2.05, 4.69) is 9.80 Å². The van der Waals surface area contributed by atoms with E-state index in [1.54, 1.807) is 12.1 Å². The minimum atomic E-state index is -0.329. The van der Waals surface area contributed by atoms with Crippen LogP contribution >= 0.6 is 0 Å². The standard InChI is InChI=1S/C13H22N4O2/c1-11-6-7-12(13(8-11)17(18)19)16(5)10-15(4)9-14(2)3/h6-8H,9-10H2,1-5H3. The van der Waals surface area contributed by atoms with E-state index in [-0.39, 0.29) is 10.6 Å². The quantitative estimate of drug-likeness (QED) is 0.446. The van der Waals surface area contributed by atoms with Crippen molar-refractivity contribution in [3.8, 4) is 0 Å². The van der Waals surface area contributed by atoms with Crippen molar-refractivity contribution < 1.29 is 4.92 Å². The normalized spacial score (nSPS) is 11.1. The van der Waals surface area contributed by atoms with Crippen molar-refractivity contribution in [2.45, 2.75) is 6.92 Å². The Bertz CT molecular complexity index is 448. The topological polar surface area (TPSA) is 52.9 Å². The van der Waals surface area contributed by atoms with E-state index in [0.717, 1.165) is 12.2 Å². The van der Waals surface area contributed by atoms with Gasteiger partial charge in [0, 0.05) is 13.1 Å². The van der Waals surface area contributed by atoms with Crippen LogP contribution in [0.5, 0.6) is 0 Å². The number of hydrogen-bond donors (Lipinski definition) is 0. The Morgan fingerprint density at radius 1 is 1.16 bits per heavy atom. The molecular weight excluding hydrogens is 244 g/mol. The maximum atomic E-state index is 11.1. The van der Waals surface area contributed by atoms with Gasteiger partial charge in [0.2, 0.25) is 0 Å². The van der Waals surface area contributed by atoms with Crippen LogP contribution in [0.4, 0.5) is 11.4 Å². The van der Waals surface area contributed by atoms with Crippen LogP contribution < -0.4 is 4.90 Å². The largest absolute Gasteiger partial charge is 0.356 e. The highest BCUT2D eigenvalue weighted by molar-refractivity contribution is 5.63. The van der Waals surface area contributed by atoms with Crippen molar-refractivity contribution in [2.24, 2.45) is 0 Å². The van der Waals surface area contributed by atoms with E-state index in [1.807, 2.05) is 46.1 Å². The molecule has 0 atom stereocenters. The molecule has 19 heavy (non-hydrogen) atoms. The van der Waals surface area contributed by atoms with Crippen molar-refractivity contribution in [3.63, 3.8) is 0 Å². The lowest BCUT2D eigenvalue weighted by Crippen LogP contribution is -2.38. The first kappa shape index (κ1) is 15.4. The maximum absolute atomic E-state index is 11.1. The van der Waals surface area contributed by atoms with E-state index in [9.17, 15) is 10.1 Å². The van der Waals surface area contributed by atoms with Gasteiger partial charge in [-0.1, -0.05) is 6.07 Å². The second kappa shape index (κ2) is 6.49. The molecule has 1 aromatic carbocycles. The van der Waals surface area contributed by atoms with Crippen LogP contribution in [0.1, 0.15) is 5.56 Å². The average molecular weight is 266 g/mol. The first-order valence-electron chi connectivity index (χ1n) is 6.10. The summed E-state index contributed by atoms with van der Waals surface area (Å²) in [4.78, 5) is 16.8. The minimum absolute atomic E-state index is 0.153. The van der Waals surface area contributed by atoms with Crippen molar-refractivity contribution >= 4 is 11.4 Å². The van der Waals surface area contributed by atoms with Crippen molar-refractivity contribution in [1.29, 1.82) is 0 Å². The van der Waals surface area contributed by atoms with Crippen LogP contribution in [0.25, 0.3) is 0 Å². The average Bonchev–Trinajstić information content (AvgIpc) is 2.27. The number of anilines is 1. The Balaban J connectivity index is 2.87. The molecule has 0 aromatic heterocycles. The molecular formula is C13H22N4O2. The van der Waals surface area contributed by atoms with Gasteiger partial charge in [-0.3, -0.25) is 19.9 Å². The van der Waals surface area contributed by atoms with Gasteiger partial charge in [0.05, 0.1) is 18.3 Å². The van der Waals surface area contributed by atoms with Crippen molar-refractivity contribution in [1.82, 2.24) is 9.80 Å². The summed E-state index contributed by atoms with van der Waals surface area (Å²) in [5, 5.41) is 11.1. The van der Waals surface area contributed by atoms with E-state index in [1.165, 1.54) is 0 Å². The lowest BCUT2D eigenvalue weighted by Gasteiger charge is -2.28. The minimum Gasteiger partial charge on any atom is -0.356 e. The van der Waals surface area contributed by atoms with Gasteiger partial charge in [0.15, 0.2) is 0 Å². The SMILES string of the molecule is Cc1ccc(N(C)CN(C)CN(C)C)c([N+](=O)[O-])c1. The highest BCUT2D eigenvalue weighted by Gasteiger charge is 2.17. The molecule has 0 aliphatic carbocycles. The van der Waals surface area contributed by atoms with Crippen LogP contribution in [-0.2, 0) is 0 Å². The second-order valence-corrected chi connectivity index (χ2v) is 5.17. The Kier molecular flexibility index (Phi) is 5.26. The van der Waals surface area contributed by atoms with Crippen LogP contribution in [0.3, 0.4) is 0 Å². The summed E-state index contributed by atoms with van der Waals surface area (Å²) in [5.74, 6) is 0.